The van der Waals surface area contributed by atoms with Crippen LogP contribution in [0.15, 0.2) is 36.5 Å². The molecule has 1 heterocycles. The van der Waals surface area contributed by atoms with Gasteiger partial charge in [0.1, 0.15) is 5.75 Å². The molecule has 0 saturated heterocycles. The van der Waals surface area contributed by atoms with E-state index in [9.17, 15) is 9.90 Å². The number of ether oxygens (including phenoxy) is 1. The van der Waals surface area contributed by atoms with Crippen LogP contribution in [0.3, 0.4) is 0 Å². The van der Waals surface area contributed by atoms with Crippen LogP contribution in [0.1, 0.15) is 48.6 Å². The molecule has 1 aliphatic carbocycles. The Morgan fingerprint density at radius 1 is 1.19 bits per heavy atom. The van der Waals surface area contributed by atoms with Gasteiger partial charge in [0.05, 0.1) is 12.2 Å². The number of para-hydroxylation sites is 1. The molecule has 21 heavy (non-hydrogen) atoms. The summed E-state index contributed by atoms with van der Waals surface area (Å²) in [6, 6.07) is 9.34. The fraction of sp³-hybridized carbons (Fsp3) is 0.375. The van der Waals surface area contributed by atoms with E-state index < -0.39 is 5.97 Å². The minimum absolute atomic E-state index is 0.144. The third-order valence-electron chi connectivity index (χ3n) is 3.86. The van der Waals surface area contributed by atoms with Crippen LogP contribution in [-0.4, -0.2) is 20.9 Å². The molecule has 1 fully saturated rings. The lowest BCUT2D eigenvalue weighted by molar-refractivity contribution is 0.0675. The van der Waals surface area contributed by atoms with Gasteiger partial charge in [0, 0.05) is 0 Å². The van der Waals surface area contributed by atoms with Crippen LogP contribution < -0.4 is 4.74 Å². The standard InChI is InChI=1S/C16H18N2O3/c19-16(20)15-14(21-13-9-5-2-6-10-13)11-17-18(15)12-7-3-1-4-8-12/h2,5-6,9-12H,1,3-4,7-8H2,(H,19,20). The second kappa shape index (κ2) is 5.99. The smallest absolute Gasteiger partial charge is 0.358 e. The van der Waals surface area contributed by atoms with Crippen LogP contribution in [0.5, 0.6) is 11.5 Å². The van der Waals surface area contributed by atoms with Crippen LogP contribution >= 0.6 is 0 Å². The van der Waals surface area contributed by atoms with Gasteiger partial charge in [-0.3, -0.25) is 4.68 Å². The first kappa shape index (κ1) is 13.7. The molecular weight excluding hydrogens is 268 g/mol. The van der Waals surface area contributed by atoms with Crippen LogP contribution in [0, 0.1) is 0 Å². The van der Waals surface area contributed by atoms with Crippen LogP contribution in [0.2, 0.25) is 0 Å². The number of hydrogen-bond donors (Lipinski definition) is 1. The maximum atomic E-state index is 11.6. The predicted octanol–water partition coefficient (Wildman–Crippen LogP) is 3.88. The minimum Gasteiger partial charge on any atom is -0.476 e. The number of nitrogens with zero attached hydrogens (tertiary/aromatic N) is 2. The van der Waals surface area contributed by atoms with Gasteiger partial charge in [-0.1, -0.05) is 37.5 Å². The Morgan fingerprint density at radius 2 is 1.90 bits per heavy atom. The average molecular weight is 286 g/mol. The number of aromatic nitrogens is 2. The summed E-state index contributed by atoms with van der Waals surface area (Å²) in [5, 5.41) is 13.8. The lowest BCUT2D eigenvalue weighted by Crippen LogP contribution is -2.19. The first-order valence-corrected chi connectivity index (χ1v) is 7.29. The maximum Gasteiger partial charge on any atom is 0.358 e. The molecule has 1 N–H and O–H groups in total. The van der Waals surface area contributed by atoms with Gasteiger partial charge >= 0.3 is 5.97 Å². The zero-order valence-corrected chi connectivity index (χ0v) is 11.7. The van der Waals surface area contributed by atoms with Gasteiger partial charge in [0.25, 0.3) is 0 Å². The molecule has 0 aliphatic heterocycles. The highest BCUT2D eigenvalue weighted by atomic mass is 16.5. The summed E-state index contributed by atoms with van der Waals surface area (Å²) in [6.45, 7) is 0. The number of carbonyl (C=O) groups is 1. The van der Waals surface area contributed by atoms with E-state index in [-0.39, 0.29) is 11.7 Å². The largest absolute Gasteiger partial charge is 0.476 e. The molecule has 0 unspecified atom stereocenters. The highest BCUT2D eigenvalue weighted by Gasteiger charge is 2.26. The molecule has 0 atom stereocenters. The number of rotatable bonds is 4. The molecule has 5 heteroatoms. The van der Waals surface area contributed by atoms with Gasteiger partial charge < -0.3 is 9.84 Å². The highest BCUT2D eigenvalue weighted by molar-refractivity contribution is 5.89. The van der Waals surface area contributed by atoms with Crippen LogP contribution in [0.25, 0.3) is 0 Å². The van der Waals surface area contributed by atoms with E-state index in [0.29, 0.717) is 11.5 Å². The molecule has 0 radical (unpaired) electrons. The molecule has 5 nitrogen and oxygen atoms in total. The van der Waals surface area contributed by atoms with Gasteiger partial charge in [0.15, 0.2) is 11.4 Å². The van der Waals surface area contributed by atoms with E-state index >= 15 is 0 Å². The molecule has 1 aliphatic rings. The summed E-state index contributed by atoms with van der Waals surface area (Å²) < 4.78 is 7.30. The molecule has 1 aromatic heterocycles. The average Bonchev–Trinajstić information content (AvgIpc) is 2.93. The van der Waals surface area contributed by atoms with Crippen molar-refractivity contribution in [1.82, 2.24) is 9.78 Å². The van der Waals surface area contributed by atoms with Gasteiger partial charge in [-0.05, 0) is 25.0 Å². The van der Waals surface area contributed by atoms with E-state index in [1.54, 1.807) is 16.8 Å². The maximum absolute atomic E-state index is 11.6. The zero-order chi connectivity index (χ0) is 14.7. The fourth-order valence-corrected chi connectivity index (χ4v) is 2.84. The Hall–Kier alpha value is -2.30. The van der Waals surface area contributed by atoms with E-state index in [2.05, 4.69) is 5.10 Å². The van der Waals surface area contributed by atoms with Crippen molar-refractivity contribution < 1.29 is 14.6 Å². The van der Waals surface area contributed by atoms with Crippen LogP contribution in [0.4, 0.5) is 0 Å². The van der Waals surface area contributed by atoms with Crippen molar-refractivity contribution in [3.8, 4) is 11.5 Å². The van der Waals surface area contributed by atoms with E-state index in [1.807, 2.05) is 18.2 Å². The van der Waals surface area contributed by atoms with E-state index in [1.165, 1.54) is 12.6 Å². The summed E-state index contributed by atoms with van der Waals surface area (Å²) in [5.41, 5.74) is 0.144. The number of benzene rings is 1. The topological polar surface area (TPSA) is 64.3 Å². The molecule has 3 rings (SSSR count). The Bertz CT molecular complexity index is 616. The van der Waals surface area contributed by atoms with Crippen molar-refractivity contribution in [2.24, 2.45) is 0 Å². The first-order valence-electron chi connectivity index (χ1n) is 7.29. The third kappa shape index (κ3) is 2.91. The van der Waals surface area contributed by atoms with Crippen molar-refractivity contribution in [2.75, 3.05) is 0 Å². The Labute approximate surface area is 123 Å². The second-order valence-corrected chi connectivity index (χ2v) is 5.31. The minimum atomic E-state index is -0.996. The SMILES string of the molecule is O=C(O)c1c(Oc2ccccc2)cnn1C1CCCCC1. The number of hydrogen-bond acceptors (Lipinski definition) is 3. The number of carboxylic acid groups (broad SMARTS) is 1. The van der Waals surface area contributed by atoms with Crippen LogP contribution in [-0.2, 0) is 0 Å². The third-order valence-corrected chi connectivity index (χ3v) is 3.86. The van der Waals surface area contributed by atoms with Gasteiger partial charge in [-0.25, -0.2) is 4.79 Å². The van der Waals surface area contributed by atoms with E-state index in [4.69, 9.17) is 4.74 Å². The van der Waals surface area contributed by atoms with Crippen molar-refractivity contribution >= 4 is 5.97 Å². The lowest BCUT2D eigenvalue weighted by Gasteiger charge is -2.23. The molecule has 110 valence electrons. The lowest BCUT2D eigenvalue weighted by atomic mass is 9.95. The Morgan fingerprint density at radius 3 is 2.57 bits per heavy atom. The quantitative estimate of drug-likeness (QED) is 0.926. The van der Waals surface area contributed by atoms with Gasteiger partial charge in [-0.2, -0.15) is 5.10 Å². The molecule has 0 spiro atoms. The molecule has 0 bridgehead atoms. The Balaban J connectivity index is 1.90. The number of carboxylic acids is 1. The molecule has 0 amide bonds. The fourth-order valence-electron chi connectivity index (χ4n) is 2.84. The van der Waals surface area contributed by atoms with Crippen molar-refractivity contribution in [2.45, 2.75) is 38.1 Å². The van der Waals surface area contributed by atoms with E-state index in [0.717, 1.165) is 25.7 Å². The summed E-state index contributed by atoms with van der Waals surface area (Å²) >= 11 is 0. The normalized spacial score (nSPS) is 15.8. The monoisotopic (exact) mass is 286 g/mol. The first-order chi connectivity index (χ1) is 10.3. The van der Waals surface area contributed by atoms with Gasteiger partial charge in [-0.15, -0.1) is 0 Å². The highest BCUT2D eigenvalue weighted by Crippen LogP contribution is 2.33. The van der Waals surface area contributed by atoms with Crippen molar-refractivity contribution in [1.29, 1.82) is 0 Å². The molecule has 1 saturated carbocycles. The summed E-state index contributed by atoms with van der Waals surface area (Å²) in [6.07, 6.45) is 6.93. The summed E-state index contributed by atoms with van der Waals surface area (Å²) in [4.78, 5) is 11.6. The molecule has 2 aromatic rings. The summed E-state index contributed by atoms with van der Waals surface area (Å²) in [5.74, 6) is -0.0773. The van der Waals surface area contributed by atoms with Gasteiger partial charge in [0.2, 0.25) is 0 Å². The Kier molecular flexibility index (Phi) is 3.90. The second-order valence-electron chi connectivity index (χ2n) is 5.31. The van der Waals surface area contributed by atoms with Crippen molar-refractivity contribution in [3.63, 3.8) is 0 Å². The predicted molar refractivity (Wildman–Crippen MR) is 77.8 cm³/mol. The van der Waals surface area contributed by atoms with Crippen molar-refractivity contribution in [3.05, 3.63) is 42.2 Å². The zero-order valence-electron chi connectivity index (χ0n) is 11.7. The molecular formula is C16H18N2O3. The molecule has 1 aromatic carbocycles. The summed E-state index contributed by atoms with van der Waals surface area (Å²) in [7, 11) is 0. The number of aromatic carboxylic acids is 1.